The van der Waals surface area contributed by atoms with Gasteiger partial charge in [-0.05, 0) is 63.1 Å². The Morgan fingerprint density at radius 1 is 0.964 bits per heavy atom. The quantitative estimate of drug-likeness (QED) is 0.558. The molecule has 0 bridgehead atoms. The smallest absolute Gasteiger partial charge is 0.260 e. The lowest BCUT2D eigenvalue weighted by atomic mass is 10.1. The number of benzene rings is 2. The van der Waals surface area contributed by atoms with E-state index in [4.69, 9.17) is 0 Å². The summed E-state index contributed by atoms with van der Waals surface area (Å²) in [7, 11) is 0. The molecule has 0 radical (unpaired) electrons. The molecule has 0 aliphatic heterocycles. The zero-order valence-corrected chi connectivity index (χ0v) is 16.4. The molecule has 0 atom stereocenters. The van der Waals surface area contributed by atoms with Crippen LogP contribution in [0.5, 0.6) is 0 Å². The van der Waals surface area contributed by atoms with Crippen LogP contribution in [0, 0.1) is 27.7 Å². The average Bonchev–Trinajstić information content (AvgIpc) is 2.97. The number of carbonyl (C=O) groups is 1. The van der Waals surface area contributed by atoms with Crippen molar-refractivity contribution in [1.29, 1.82) is 0 Å². The van der Waals surface area contributed by atoms with Gasteiger partial charge in [0.2, 0.25) is 0 Å². The number of anilines is 1. The van der Waals surface area contributed by atoms with Crippen molar-refractivity contribution in [2.75, 3.05) is 5.32 Å². The van der Waals surface area contributed by atoms with Gasteiger partial charge in [0.1, 0.15) is 5.82 Å². The lowest BCUT2D eigenvalue weighted by Crippen LogP contribution is -2.15. The Balaban J connectivity index is 1.69. The first-order chi connectivity index (χ1) is 13.4. The molecule has 2 aromatic heterocycles. The van der Waals surface area contributed by atoms with Crippen LogP contribution in [0.4, 0.5) is 5.82 Å². The van der Waals surface area contributed by atoms with Crippen molar-refractivity contribution in [3.63, 3.8) is 0 Å². The summed E-state index contributed by atoms with van der Waals surface area (Å²) in [4.78, 5) is 17.5. The molecule has 140 valence electrons. The van der Waals surface area contributed by atoms with Crippen LogP contribution < -0.4 is 5.32 Å². The number of nitrogens with one attached hydrogen (secondary N) is 1. The summed E-state index contributed by atoms with van der Waals surface area (Å²) in [6, 6.07) is 17.8. The molecule has 2 heterocycles. The van der Waals surface area contributed by atoms with Gasteiger partial charge in [0, 0.05) is 5.39 Å². The van der Waals surface area contributed by atoms with E-state index in [-0.39, 0.29) is 5.91 Å². The molecule has 0 saturated heterocycles. The van der Waals surface area contributed by atoms with Gasteiger partial charge < -0.3 is 5.32 Å². The summed E-state index contributed by atoms with van der Waals surface area (Å²) in [5.41, 5.74) is 6.18. The summed E-state index contributed by atoms with van der Waals surface area (Å²) in [5.74, 6) is 0.330. The Hall–Kier alpha value is -3.47. The Morgan fingerprint density at radius 3 is 2.57 bits per heavy atom. The molecule has 4 rings (SSSR count). The van der Waals surface area contributed by atoms with Crippen LogP contribution in [0.15, 0.2) is 54.6 Å². The minimum atomic E-state index is -0.200. The molecule has 0 aliphatic rings. The molecule has 1 N–H and O–H groups in total. The fourth-order valence-electron chi connectivity index (χ4n) is 3.47. The molecule has 28 heavy (non-hydrogen) atoms. The Bertz CT molecular complexity index is 1210. The van der Waals surface area contributed by atoms with E-state index in [1.807, 2.05) is 68.8 Å². The minimum Gasteiger partial charge on any atom is -0.306 e. The number of rotatable bonds is 3. The highest BCUT2D eigenvalue weighted by atomic mass is 16.1. The van der Waals surface area contributed by atoms with Crippen molar-refractivity contribution < 1.29 is 4.79 Å². The maximum absolute atomic E-state index is 13.0. The maximum Gasteiger partial charge on any atom is 0.260 e. The number of hydrogen-bond acceptors (Lipinski definition) is 3. The lowest BCUT2D eigenvalue weighted by Gasteiger charge is -2.10. The van der Waals surface area contributed by atoms with Gasteiger partial charge in [-0.15, -0.1) is 0 Å². The standard InChI is InChI=1S/C23H22N4O/c1-14-9-10-15(2)20(13-14)27-17(4)22(16(3)26-27)23(28)25-21-12-11-18-7-5-6-8-19(18)24-21/h5-13H,1-4H3,(H,24,25,28). The Labute approximate surface area is 164 Å². The summed E-state index contributed by atoms with van der Waals surface area (Å²) in [5, 5.41) is 8.59. The van der Waals surface area contributed by atoms with Crippen LogP contribution in [0.1, 0.15) is 32.9 Å². The first-order valence-corrected chi connectivity index (χ1v) is 9.25. The number of pyridine rings is 1. The van der Waals surface area contributed by atoms with Gasteiger partial charge in [0.25, 0.3) is 5.91 Å². The summed E-state index contributed by atoms with van der Waals surface area (Å²) >= 11 is 0. The van der Waals surface area contributed by atoms with Gasteiger partial charge in [0.05, 0.1) is 28.2 Å². The third-order valence-electron chi connectivity index (χ3n) is 4.95. The second kappa shape index (κ2) is 6.93. The molecule has 0 spiro atoms. The predicted octanol–water partition coefficient (Wildman–Crippen LogP) is 4.91. The molecule has 5 heteroatoms. The molecule has 5 nitrogen and oxygen atoms in total. The number of amides is 1. The SMILES string of the molecule is Cc1ccc(C)c(-n2nc(C)c(C(=O)Nc3ccc4ccccc4n3)c2C)c1. The topological polar surface area (TPSA) is 59.8 Å². The van der Waals surface area contributed by atoms with Crippen molar-refractivity contribution in [2.24, 2.45) is 0 Å². The van der Waals surface area contributed by atoms with E-state index >= 15 is 0 Å². The monoisotopic (exact) mass is 370 g/mol. The van der Waals surface area contributed by atoms with E-state index in [1.54, 1.807) is 0 Å². The highest BCUT2D eigenvalue weighted by Crippen LogP contribution is 2.23. The molecular formula is C23H22N4O. The largest absolute Gasteiger partial charge is 0.306 e. The summed E-state index contributed by atoms with van der Waals surface area (Å²) < 4.78 is 1.85. The van der Waals surface area contributed by atoms with E-state index in [1.165, 1.54) is 0 Å². The predicted molar refractivity (Wildman–Crippen MR) is 112 cm³/mol. The fraction of sp³-hybridized carbons (Fsp3) is 0.174. The molecule has 2 aromatic carbocycles. The fourth-order valence-corrected chi connectivity index (χ4v) is 3.47. The molecular weight excluding hydrogens is 348 g/mol. The molecule has 0 aliphatic carbocycles. The third kappa shape index (κ3) is 3.16. The molecule has 0 fully saturated rings. The van der Waals surface area contributed by atoms with Gasteiger partial charge in [0.15, 0.2) is 0 Å². The average molecular weight is 370 g/mol. The Morgan fingerprint density at radius 2 is 1.75 bits per heavy atom. The van der Waals surface area contributed by atoms with Crippen LogP contribution in [0.3, 0.4) is 0 Å². The minimum absolute atomic E-state index is 0.200. The third-order valence-corrected chi connectivity index (χ3v) is 4.95. The first-order valence-electron chi connectivity index (χ1n) is 9.25. The molecule has 0 saturated carbocycles. The van der Waals surface area contributed by atoms with Gasteiger partial charge >= 0.3 is 0 Å². The molecule has 1 amide bonds. The van der Waals surface area contributed by atoms with E-state index in [0.717, 1.165) is 33.4 Å². The number of para-hydroxylation sites is 1. The zero-order chi connectivity index (χ0) is 19.8. The van der Waals surface area contributed by atoms with E-state index in [2.05, 4.69) is 33.6 Å². The number of hydrogen-bond donors (Lipinski definition) is 1. The molecule has 4 aromatic rings. The van der Waals surface area contributed by atoms with Crippen molar-refractivity contribution in [1.82, 2.24) is 14.8 Å². The zero-order valence-electron chi connectivity index (χ0n) is 16.4. The maximum atomic E-state index is 13.0. The van der Waals surface area contributed by atoms with Crippen molar-refractivity contribution in [2.45, 2.75) is 27.7 Å². The number of carbonyl (C=O) groups excluding carboxylic acids is 1. The van der Waals surface area contributed by atoms with Gasteiger partial charge in [-0.25, -0.2) is 9.67 Å². The van der Waals surface area contributed by atoms with E-state index in [9.17, 15) is 4.79 Å². The van der Waals surface area contributed by atoms with Gasteiger partial charge in [-0.3, -0.25) is 4.79 Å². The highest BCUT2D eigenvalue weighted by Gasteiger charge is 2.20. The number of aromatic nitrogens is 3. The van der Waals surface area contributed by atoms with E-state index in [0.29, 0.717) is 17.1 Å². The second-order valence-electron chi connectivity index (χ2n) is 7.09. The van der Waals surface area contributed by atoms with Gasteiger partial charge in [-0.1, -0.05) is 30.3 Å². The Kier molecular flexibility index (Phi) is 4.43. The van der Waals surface area contributed by atoms with Crippen molar-refractivity contribution in [3.05, 3.63) is 82.7 Å². The van der Waals surface area contributed by atoms with Crippen molar-refractivity contribution in [3.8, 4) is 5.69 Å². The number of nitrogens with zero attached hydrogens (tertiary/aromatic N) is 3. The normalized spacial score (nSPS) is 11.0. The summed E-state index contributed by atoms with van der Waals surface area (Å²) in [6.07, 6.45) is 0. The van der Waals surface area contributed by atoms with Crippen LogP contribution in [0.25, 0.3) is 16.6 Å². The van der Waals surface area contributed by atoms with Crippen molar-refractivity contribution >= 4 is 22.6 Å². The molecule has 0 unspecified atom stereocenters. The van der Waals surface area contributed by atoms with Crippen LogP contribution in [-0.2, 0) is 0 Å². The van der Waals surface area contributed by atoms with E-state index < -0.39 is 0 Å². The van der Waals surface area contributed by atoms with Crippen LogP contribution >= 0.6 is 0 Å². The van der Waals surface area contributed by atoms with Crippen LogP contribution in [0.2, 0.25) is 0 Å². The van der Waals surface area contributed by atoms with Gasteiger partial charge in [-0.2, -0.15) is 5.10 Å². The number of aryl methyl sites for hydroxylation is 3. The van der Waals surface area contributed by atoms with Crippen LogP contribution in [-0.4, -0.2) is 20.7 Å². The lowest BCUT2D eigenvalue weighted by molar-refractivity contribution is 0.102. The first kappa shape index (κ1) is 17.9. The highest BCUT2D eigenvalue weighted by molar-refractivity contribution is 6.05. The summed E-state index contributed by atoms with van der Waals surface area (Å²) in [6.45, 7) is 7.87. The second-order valence-corrected chi connectivity index (χ2v) is 7.09. The number of fused-ring (bicyclic) bond motifs is 1.